The molecule has 0 saturated heterocycles. The molecule has 0 saturated carbocycles. The van der Waals surface area contributed by atoms with Gasteiger partial charge in [0, 0.05) is 25.9 Å². The van der Waals surface area contributed by atoms with Crippen LogP contribution in [0.2, 0.25) is 0 Å². The van der Waals surface area contributed by atoms with Crippen molar-refractivity contribution in [3.63, 3.8) is 0 Å². The molecule has 0 spiro atoms. The minimum absolute atomic E-state index is 0.0472. The van der Waals surface area contributed by atoms with Crippen molar-refractivity contribution < 1.29 is 4.79 Å². The molecule has 2 aromatic heterocycles. The lowest BCUT2D eigenvalue weighted by Crippen LogP contribution is -2.31. The van der Waals surface area contributed by atoms with E-state index in [0.717, 1.165) is 37.7 Å². The van der Waals surface area contributed by atoms with E-state index in [4.69, 9.17) is 4.98 Å². The topological polar surface area (TPSA) is 102 Å². The molecule has 0 fully saturated rings. The number of H-pyrrole nitrogens is 1. The first-order chi connectivity index (χ1) is 16.4. The zero-order chi connectivity index (χ0) is 24.7. The second-order valence-corrected chi connectivity index (χ2v) is 8.91. The first kappa shape index (κ1) is 25.5. The molecule has 0 bridgehead atoms. The Balaban J connectivity index is 1.85. The van der Waals surface area contributed by atoms with Gasteiger partial charge in [-0.05, 0) is 31.7 Å². The Bertz CT molecular complexity index is 1220. The minimum atomic E-state index is -0.431. The summed E-state index contributed by atoms with van der Waals surface area (Å²) in [7, 11) is 0. The summed E-state index contributed by atoms with van der Waals surface area (Å²) in [6.45, 7) is 9.36. The highest BCUT2D eigenvalue weighted by atomic mass is 16.2. The number of imidazole rings is 1. The van der Waals surface area contributed by atoms with E-state index in [1.807, 2.05) is 11.5 Å². The number of aromatic nitrogens is 4. The third-order valence-electron chi connectivity index (χ3n) is 6.23. The molecule has 184 valence electrons. The van der Waals surface area contributed by atoms with Crippen molar-refractivity contribution in [3.05, 3.63) is 62.1 Å². The summed E-state index contributed by atoms with van der Waals surface area (Å²) in [5.74, 6) is 0.613. The van der Waals surface area contributed by atoms with Crippen molar-refractivity contribution in [2.45, 2.75) is 91.8 Å². The maximum Gasteiger partial charge on any atom is 0.330 e. The van der Waals surface area contributed by atoms with Gasteiger partial charge in [0.1, 0.15) is 5.82 Å². The average Bonchev–Trinajstić information content (AvgIpc) is 3.19. The molecule has 0 radical (unpaired) electrons. The van der Waals surface area contributed by atoms with Crippen LogP contribution in [0.4, 0.5) is 0 Å². The molecular weight excluding hydrogens is 430 g/mol. The summed E-state index contributed by atoms with van der Waals surface area (Å²) >= 11 is 0. The van der Waals surface area contributed by atoms with E-state index >= 15 is 0 Å². The van der Waals surface area contributed by atoms with Gasteiger partial charge >= 0.3 is 5.69 Å². The number of unbranched alkanes of at least 4 members (excludes halogenated alkanes) is 2. The van der Waals surface area contributed by atoms with E-state index in [1.54, 1.807) is 4.57 Å². The number of aryl methyl sites for hydroxylation is 4. The maximum absolute atomic E-state index is 12.8. The fraction of sp³-hybridized carbons (Fsp3) is 0.538. The van der Waals surface area contributed by atoms with Gasteiger partial charge in [0.05, 0.1) is 6.04 Å². The lowest BCUT2D eigenvalue weighted by atomic mass is 10.0. The van der Waals surface area contributed by atoms with Gasteiger partial charge in [0.25, 0.3) is 5.56 Å². The SMILES string of the molecule is CCCCn1c(CCC(=O)NC(CC)c2ccc(C)cc2)nc2c1c(=O)[nH]c(=O)n2CCCC. The Morgan fingerprint density at radius 3 is 2.29 bits per heavy atom. The van der Waals surface area contributed by atoms with E-state index in [9.17, 15) is 14.4 Å². The quantitative estimate of drug-likeness (QED) is 0.420. The van der Waals surface area contributed by atoms with Crippen molar-refractivity contribution >= 4 is 17.1 Å². The van der Waals surface area contributed by atoms with Crippen LogP contribution in [-0.2, 0) is 24.3 Å². The molecule has 1 unspecified atom stereocenters. The van der Waals surface area contributed by atoms with Crippen LogP contribution in [0.1, 0.15) is 82.3 Å². The Morgan fingerprint density at radius 2 is 1.68 bits per heavy atom. The van der Waals surface area contributed by atoms with Crippen LogP contribution in [0.25, 0.3) is 11.2 Å². The highest BCUT2D eigenvalue weighted by Crippen LogP contribution is 2.19. The maximum atomic E-state index is 12.8. The smallest absolute Gasteiger partial charge is 0.330 e. The van der Waals surface area contributed by atoms with Crippen molar-refractivity contribution in [1.82, 2.24) is 24.4 Å². The Kier molecular flexibility index (Phi) is 8.85. The number of carbonyl (C=O) groups is 1. The van der Waals surface area contributed by atoms with E-state index < -0.39 is 11.2 Å². The summed E-state index contributed by atoms with van der Waals surface area (Å²) < 4.78 is 3.45. The number of benzene rings is 1. The second-order valence-electron chi connectivity index (χ2n) is 8.91. The molecule has 2 heterocycles. The van der Waals surface area contributed by atoms with Crippen LogP contribution >= 0.6 is 0 Å². The van der Waals surface area contributed by atoms with Gasteiger partial charge < -0.3 is 9.88 Å². The molecule has 34 heavy (non-hydrogen) atoms. The highest BCUT2D eigenvalue weighted by molar-refractivity contribution is 5.77. The third kappa shape index (κ3) is 5.85. The van der Waals surface area contributed by atoms with Gasteiger partial charge in [-0.15, -0.1) is 0 Å². The van der Waals surface area contributed by atoms with Crippen LogP contribution in [0.5, 0.6) is 0 Å². The number of fused-ring (bicyclic) bond motifs is 1. The molecule has 3 rings (SSSR count). The van der Waals surface area contributed by atoms with Gasteiger partial charge in [-0.1, -0.05) is 63.4 Å². The first-order valence-corrected chi connectivity index (χ1v) is 12.5. The molecule has 8 heteroatoms. The number of nitrogens with one attached hydrogen (secondary N) is 2. The largest absolute Gasteiger partial charge is 0.349 e. The lowest BCUT2D eigenvalue weighted by molar-refractivity contribution is -0.121. The van der Waals surface area contributed by atoms with Crippen LogP contribution < -0.4 is 16.6 Å². The Hall–Kier alpha value is -3.16. The molecule has 3 aromatic rings. The molecular formula is C26H37N5O3. The summed E-state index contributed by atoms with van der Waals surface area (Å²) in [6, 6.07) is 8.16. The van der Waals surface area contributed by atoms with Crippen LogP contribution in [0, 0.1) is 6.92 Å². The number of aromatic amines is 1. The summed E-state index contributed by atoms with van der Waals surface area (Å²) in [5.41, 5.74) is 2.26. The van der Waals surface area contributed by atoms with Gasteiger partial charge in [0.2, 0.25) is 5.91 Å². The monoisotopic (exact) mass is 467 g/mol. The van der Waals surface area contributed by atoms with E-state index in [0.29, 0.717) is 36.5 Å². The molecule has 1 aromatic carbocycles. The van der Waals surface area contributed by atoms with Crippen molar-refractivity contribution in [1.29, 1.82) is 0 Å². The summed E-state index contributed by atoms with van der Waals surface area (Å²) in [4.78, 5) is 45.2. The minimum Gasteiger partial charge on any atom is -0.349 e. The molecule has 0 aliphatic rings. The number of carbonyl (C=O) groups excluding carboxylic acids is 1. The molecule has 0 aliphatic heterocycles. The van der Waals surface area contributed by atoms with E-state index in [1.165, 1.54) is 5.56 Å². The van der Waals surface area contributed by atoms with Crippen molar-refractivity contribution in [2.24, 2.45) is 0 Å². The fourth-order valence-corrected chi connectivity index (χ4v) is 4.20. The van der Waals surface area contributed by atoms with Crippen LogP contribution in [0.3, 0.4) is 0 Å². The normalized spacial score (nSPS) is 12.2. The fourth-order valence-electron chi connectivity index (χ4n) is 4.20. The number of hydrogen-bond acceptors (Lipinski definition) is 4. The number of rotatable bonds is 12. The van der Waals surface area contributed by atoms with E-state index in [2.05, 4.69) is 55.3 Å². The lowest BCUT2D eigenvalue weighted by Gasteiger charge is -2.18. The zero-order valence-corrected chi connectivity index (χ0v) is 20.8. The predicted molar refractivity (Wildman–Crippen MR) is 135 cm³/mol. The number of hydrogen-bond donors (Lipinski definition) is 2. The second kappa shape index (κ2) is 11.8. The van der Waals surface area contributed by atoms with E-state index in [-0.39, 0.29) is 18.4 Å². The highest BCUT2D eigenvalue weighted by Gasteiger charge is 2.20. The summed E-state index contributed by atoms with van der Waals surface area (Å²) in [5, 5.41) is 3.13. The van der Waals surface area contributed by atoms with Crippen LogP contribution in [0.15, 0.2) is 33.9 Å². The molecule has 2 N–H and O–H groups in total. The summed E-state index contributed by atoms with van der Waals surface area (Å²) in [6.07, 6.45) is 5.03. The van der Waals surface area contributed by atoms with Gasteiger partial charge in [-0.2, -0.15) is 0 Å². The Morgan fingerprint density at radius 1 is 1.03 bits per heavy atom. The predicted octanol–water partition coefficient (Wildman–Crippen LogP) is 4.00. The van der Waals surface area contributed by atoms with Gasteiger partial charge in [0.15, 0.2) is 11.2 Å². The number of nitrogens with zero attached hydrogens (tertiary/aromatic N) is 3. The van der Waals surface area contributed by atoms with Crippen molar-refractivity contribution in [2.75, 3.05) is 0 Å². The average molecular weight is 468 g/mol. The van der Waals surface area contributed by atoms with Crippen LogP contribution in [-0.4, -0.2) is 25.0 Å². The van der Waals surface area contributed by atoms with Gasteiger partial charge in [-0.3, -0.25) is 19.1 Å². The molecule has 8 nitrogen and oxygen atoms in total. The number of amides is 1. The molecule has 1 amide bonds. The molecule has 1 atom stereocenters. The van der Waals surface area contributed by atoms with Gasteiger partial charge in [-0.25, -0.2) is 9.78 Å². The molecule has 0 aliphatic carbocycles. The van der Waals surface area contributed by atoms with Crippen molar-refractivity contribution in [3.8, 4) is 0 Å². The third-order valence-corrected chi connectivity index (χ3v) is 6.23. The Labute approximate surface area is 200 Å². The zero-order valence-electron chi connectivity index (χ0n) is 20.8. The standard InChI is InChI=1S/C26H37N5O3/c1-5-8-16-30-21(28-24-23(30)25(33)29-26(34)31(24)17-9-6-2)14-15-22(32)27-20(7-3)19-12-10-18(4)11-13-19/h10-13,20H,5-9,14-17H2,1-4H3,(H,27,32)(H,29,33,34). The first-order valence-electron chi connectivity index (χ1n) is 12.5.